The van der Waals surface area contributed by atoms with Crippen LogP contribution >= 0.6 is 11.3 Å². The number of phenols is 1. The summed E-state index contributed by atoms with van der Waals surface area (Å²) in [6, 6.07) is 23.8. The maximum atomic E-state index is 9.58. The zero-order valence-corrected chi connectivity index (χ0v) is 12.5. The van der Waals surface area contributed by atoms with Crippen LogP contribution in [0.3, 0.4) is 0 Å². The second-order valence-electron chi connectivity index (χ2n) is 5.11. The fourth-order valence-corrected chi connectivity index (χ4v) is 3.46. The number of thiazole rings is 1. The first-order valence-electron chi connectivity index (χ1n) is 7.05. The Morgan fingerprint density at radius 1 is 0.727 bits per heavy atom. The Morgan fingerprint density at radius 2 is 1.50 bits per heavy atom. The summed E-state index contributed by atoms with van der Waals surface area (Å²) in [6.45, 7) is 0. The number of aromatic hydroxyl groups is 1. The van der Waals surface area contributed by atoms with Gasteiger partial charge in [-0.3, -0.25) is 0 Å². The lowest BCUT2D eigenvalue weighted by molar-refractivity contribution is 0.475. The molecule has 0 saturated carbocycles. The number of benzene rings is 3. The molecular formula is C19H13NOS. The summed E-state index contributed by atoms with van der Waals surface area (Å²) < 4.78 is 1.20. The summed E-state index contributed by atoms with van der Waals surface area (Å²) >= 11 is 1.70. The zero-order valence-electron chi connectivity index (χ0n) is 11.7. The van der Waals surface area contributed by atoms with Crippen molar-refractivity contribution in [3.8, 4) is 27.4 Å². The van der Waals surface area contributed by atoms with Gasteiger partial charge in [-0.2, -0.15) is 0 Å². The normalized spacial score (nSPS) is 10.9. The lowest BCUT2D eigenvalue weighted by atomic mass is 10.0. The second kappa shape index (κ2) is 5.28. The molecule has 1 N–H and O–H groups in total. The van der Waals surface area contributed by atoms with E-state index >= 15 is 0 Å². The SMILES string of the molecule is Oc1cccc(-c2ccc(-c3nc4ccccc4s3)cc2)c1. The highest BCUT2D eigenvalue weighted by Gasteiger charge is 2.06. The predicted molar refractivity (Wildman–Crippen MR) is 92.2 cm³/mol. The van der Waals surface area contributed by atoms with Gasteiger partial charge in [-0.15, -0.1) is 11.3 Å². The van der Waals surface area contributed by atoms with E-state index in [1.165, 1.54) is 4.70 Å². The van der Waals surface area contributed by atoms with Crippen molar-refractivity contribution >= 4 is 21.6 Å². The quantitative estimate of drug-likeness (QED) is 0.542. The molecule has 0 radical (unpaired) electrons. The minimum Gasteiger partial charge on any atom is -0.508 e. The first kappa shape index (κ1) is 13.0. The van der Waals surface area contributed by atoms with Crippen LogP contribution in [0.4, 0.5) is 0 Å². The molecule has 4 rings (SSSR count). The largest absolute Gasteiger partial charge is 0.508 e. The summed E-state index contributed by atoms with van der Waals surface area (Å²) in [5.41, 5.74) is 4.25. The van der Waals surface area contributed by atoms with E-state index in [1.807, 2.05) is 30.3 Å². The zero-order chi connectivity index (χ0) is 14.9. The monoisotopic (exact) mass is 303 g/mol. The van der Waals surface area contributed by atoms with Crippen molar-refractivity contribution in [1.29, 1.82) is 0 Å². The Bertz CT molecular complexity index is 908. The van der Waals surface area contributed by atoms with Crippen LogP contribution in [0.15, 0.2) is 72.8 Å². The number of hydrogen-bond acceptors (Lipinski definition) is 3. The van der Waals surface area contributed by atoms with E-state index < -0.39 is 0 Å². The molecule has 0 unspecified atom stereocenters. The van der Waals surface area contributed by atoms with Crippen LogP contribution in [0.5, 0.6) is 5.75 Å². The molecule has 0 fully saturated rings. The molecule has 0 saturated heterocycles. The first-order chi connectivity index (χ1) is 10.8. The Labute approximate surface area is 132 Å². The number of phenolic OH excluding ortho intramolecular Hbond substituents is 1. The van der Waals surface area contributed by atoms with Gasteiger partial charge in [0.1, 0.15) is 10.8 Å². The molecule has 106 valence electrons. The van der Waals surface area contributed by atoms with Crippen molar-refractivity contribution < 1.29 is 5.11 Å². The molecule has 0 spiro atoms. The minimum absolute atomic E-state index is 0.285. The number of rotatable bonds is 2. The number of aromatic nitrogens is 1. The second-order valence-corrected chi connectivity index (χ2v) is 6.15. The fourth-order valence-electron chi connectivity index (χ4n) is 2.49. The summed E-state index contributed by atoms with van der Waals surface area (Å²) in [5, 5.41) is 10.6. The Morgan fingerprint density at radius 3 is 2.27 bits per heavy atom. The third-order valence-electron chi connectivity index (χ3n) is 3.61. The van der Waals surface area contributed by atoms with Crippen LogP contribution in [0.2, 0.25) is 0 Å². The summed E-state index contributed by atoms with van der Waals surface area (Å²) in [5.74, 6) is 0.285. The lowest BCUT2D eigenvalue weighted by Crippen LogP contribution is -1.79. The minimum atomic E-state index is 0.285. The van der Waals surface area contributed by atoms with Gasteiger partial charge in [0.2, 0.25) is 0 Å². The van der Waals surface area contributed by atoms with Crippen LogP contribution in [0, 0.1) is 0 Å². The smallest absolute Gasteiger partial charge is 0.124 e. The van der Waals surface area contributed by atoms with Gasteiger partial charge in [0.25, 0.3) is 0 Å². The number of para-hydroxylation sites is 1. The molecule has 1 heterocycles. The molecule has 0 aliphatic heterocycles. The van der Waals surface area contributed by atoms with Gasteiger partial charge in [-0.05, 0) is 35.4 Å². The van der Waals surface area contributed by atoms with Crippen LogP contribution in [0.1, 0.15) is 0 Å². The van der Waals surface area contributed by atoms with E-state index in [1.54, 1.807) is 23.5 Å². The number of nitrogens with zero attached hydrogens (tertiary/aromatic N) is 1. The average molecular weight is 303 g/mol. The molecular weight excluding hydrogens is 290 g/mol. The third-order valence-corrected chi connectivity index (χ3v) is 4.69. The molecule has 22 heavy (non-hydrogen) atoms. The van der Waals surface area contributed by atoms with E-state index in [0.717, 1.165) is 27.2 Å². The van der Waals surface area contributed by atoms with Crippen molar-refractivity contribution in [2.24, 2.45) is 0 Å². The van der Waals surface area contributed by atoms with Crippen molar-refractivity contribution in [1.82, 2.24) is 4.98 Å². The van der Waals surface area contributed by atoms with Gasteiger partial charge < -0.3 is 5.11 Å². The molecule has 2 nitrogen and oxygen atoms in total. The molecule has 0 aliphatic rings. The summed E-state index contributed by atoms with van der Waals surface area (Å²) in [6.07, 6.45) is 0. The fraction of sp³-hybridized carbons (Fsp3) is 0. The highest BCUT2D eigenvalue weighted by atomic mass is 32.1. The Hall–Kier alpha value is -2.65. The molecule has 0 aliphatic carbocycles. The Kier molecular flexibility index (Phi) is 3.13. The standard InChI is InChI=1S/C19H13NOS/c21-16-5-3-4-15(12-16)13-8-10-14(11-9-13)19-20-17-6-1-2-7-18(17)22-19/h1-12,21H. The predicted octanol–water partition coefficient (Wildman–Crippen LogP) is 5.34. The van der Waals surface area contributed by atoms with Gasteiger partial charge in [0.05, 0.1) is 10.2 Å². The maximum Gasteiger partial charge on any atom is 0.124 e. The molecule has 3 heteroatoms. The molecule has 0 atom stereocenters. The highest BCUT2D eigenvalue weighted by Crippen LogP contribution is 2.31. The highest BCUT2D eigenvalue weighted by molar-refractivity contribution is 7.21. The third kappa shape index (κ3) is 2.36. The lowest BCUT2D eigenvalue weighted by Gasteiger charge is -2.03. The van der Waals surface area contributed by atoms with Gasteiger partial charge in [-0.25, -0.2) is 4.98 Å². The summed E-state index contributed by atoms with van der Waals surface area (Å²) in [7, 11) is 0. The molecule has 3 aromatic carbocycles. The van der Waals surface area contributed by atoms with Gasteiger partial charge >= 0.3 is 0 Å². The molecule has 4 aromatic rings. The van der Waals surface area contributed by atoms with Crippen LogP contribution in [0.25, 0.3) is 31.9 Å². The van der Waals surface area contributed by atoms with Crippen LogP contribution in [-0.4, -0.2) is 10.1 Å². The van der Waals surface area contributed by atoms with E-state index in [9.17, 15) is 5.11 Å². The Balaban J connectivity index is 1.72. The molecule has 0 amide bonds. The van der Waals surface area contributed by atoms with Crippen LogP contribution < -0.4 is 0 Å². The van der Waals surface area contributed by atoms with E-state index in [0.29, 0.717) is 0 Å². The topological polar surface area (TPSA) is 33.1 Å². The van der Waals surface area contributed by atoms with Crippen molar-refractivity contribution in [2.45, 2.75) is 0 Å². The van der Waals surface area contributed by atoms with Crippen molar-refractivity contribution in [2.75, 3.05) is 0 Å². The maximum absolute atomic E-state index is 9.58. The summed E-state index contributed by atoms with van der Waals surface area (Å²) in [4.78, 5) is 4.68. The van der Waals surface area contributed by atoms with Gasteiger partial charge in [0.15, 0.2) is 0 Å². The van der Waals surface area contributed by atoms with Gasteiger partial charge in [-0.1, -0.05) is 48.5 Å². The number of hydrogen-bond donors (Lipinski definition) is 1. The molecule has 0 bridgehead atoms. The molecule has 1 aromatic heterocycles. The van der Waals surface area contributed by atoms with E-state index in [4.69, 9.17) is 0 Å². The average Bonchev–Trinajstić information content (AvgIpc) is 2.99. The van der Waals surface area contributed by atoms with Crippen molar-refractivity contribution in [3.63, 3.8) is 0 Å². The number of fused-ring (bicyclic) bond motifs is 1. The van der Waals surface area contributed by atoms with Crippen LogP contribution in [-0.2, 0) is 0 Å². The van der Waals surface area contributed by atoms with Gasteiger partial charge in [0, 0.05) is 5.56 Å². The van der Waals surface area contributed by atoms with E-state index in [-0.39, 0.29) is 5.75 Å². The first-order valence-corrected chi connectivity index (χ1v) is 7.87. The van der Waals surface area contributed by atoms with E-state index in [2.05, 4.69) is 35.3 Å². The van der Waals surface area contributed by atoms with Crippen molar-refractivity contribution in [3.05, 3.63) is 72.8 Å².